The number of ether oxygens (including phenoxy) is 1. The number of hydrogen-bond acceptors (Lipinski definition) is 3. The van der Waals surface area contributed by atoms with Gasteiger partial charge in [0.05, 0.1) is 12.5 Å². The van der Waals surface area contributed by atoms with Crippen molar-refractivity contribution in [1.82, 2.24) is 0 Å². The quantitative estimate of drug-likeness (QED) is 0.769. The second kappa shape index (κ2) is 5.39. The smallest absolute Gasteiger partial charge is 0.310 e. The molecule has 1 aromatic rings. The summed E-state index contributed by atoms with van der Waals surface area (Å²) in [5.74, 6) is -0.0819. The molecule has 0 atom stereocenters. The topological polar surface area (TPSA) is 46.5 Å². The number of aromatic hydroxyl groups is 1. The van der Waals surface area contributed by atoms with Crippen molar-refractivity contribution in [3.05, 3.63) is 36.2 Å². The zero-order chi connectivity index (χ0) is 11.3. The van der Waals surface area contributed by atoms with E-state index in [0.717, 1.165) is 5.56 Å². The lowest BCUT2D eigenvalue weighted by Gasteiger charge is -2.07. The maximum absolute atomic E-state index is 11.2. The molecule has 15 heavy (non-hydrogen) atoms. The Hall–Kier alpha value is -1.51. The van der Waals surface area contributed by atoms with Gasteiger partial charge in [-0.05, 0) is 38.0 Å². The normalized spacial score (nSPS) is 10.3. The lowest BCUT2D eigenvalue weighted by Crippen LogP contribution is -2.12. The molecule has 0 amide bonds. The Bertz CT molecular complexity index is 314. The van der Waals surface area contributed by atoms with Gasteiger partial charge in [-0.15, -0.1) is 0 Å². The first-order valence-corrected chi connectivity index (χ1v) is 4.89. The molecule has 0 heterocycles. The minimum Gasteiger partial charge on any atom is -0.508 e. The van der Waals surface area contributed by atoms with Gasteiger partial charge in [0.1, 0.15) is 5.75 Å². The predicted octanol–water partition coefficient (Wildman–Crippen LogP) is 2.09. The van der Waals surface area contributed by atoms with E-state index in [2.05, 4.69) is 0 Å². The third-order valence-electron chi connectivity index (χ3n) is 1.79. The van der Waals surface area contributed by atoms with Crippen molar-refractivity contribution in [3.8, 4) is 5.75 Å². The van der Waals surface area contributed by atoms with Crippen LogP contribution in [0.4, 0.5) is 0 Å². The molecule has 0 aromatic heterocycles. The van der Waals surface area contributed by atoms with Gasteiger partial charge >= 0.3 is 5.97 Å². The lowest BCUT2D eigenvalue weighted by molar-refractivity contribution is -0.143. The van der Waals surface area contributed by atoms with Crippen molar-refractivity contribution in [2.45, 2.75) is 26.4 Å². The predicted molar refractivity (Wildman–Crippen MR) is 57.3 cm³/mol. The molecule has 81 valence electrons. The summed E-state index contributed by atoms with van der Waals surface area (Å²) in [5.41, 5.74) is 0.966. The van der Waals surface area contributed by atoms with Gasteiger partial charge in [-0.1, -0.05) is 12.1 Å². The fourth-order valence-electron chi connectivity index (χ4n) is 1.11. The Morgan fingerprint density at radius 3 is 2.53 bits per heavy atom. The Morgan fingerprint density at radius 1 is 1.40 bits per heavy atom. The maximum Gasteiger partial charge on any atom is 0.310 e. The molecular weight excluding hydrogens is 192 g/mol. The summed E-state index contributed by atoms with van der Waals surface area (Å²) in [4.78, 5) is 11.2. The second-order valence-corrected chi connectivity index (χ2v) is 3.56. The van der Waals surface area contributed by atoms with E-state index in [9.17, 15) is 4.79 Å². The van der Waals surface area contributed by atoms with Crippen LogP contribution in [0.2, 0.25) is 0 Å². The average Bonchev–Trinajstić information content (AvgIpc) is 2.16. The highest BCUT2D eigenvalue weighted by Gasteiger charge is 2.06. The van der Waals surface area contributed by atoms with Crippen LogP contribution in [0.15, 0.2) is 24.3 Å². The van der Waals surface area contributed by atoms with Crippen molar-refractivity contribution >= 4 is 5.97 Å². The summed E-state index contributed by atoms with van der Waals surface area (Å²) in [7, 11) is 0. The molecule has 0 saturated heterocycles. The van der Waals surface area contributed by atoms with Crippen molar-refractivity contribution in [2.24, 2.45) is 0 Å². The minimum atomic E-state index is -0.307. The molecule has 0 spiro atoms. The fourth-order valence-corrected chi connectivity index (χ4v) is 1.11. The molecule has 0 aliphatic rings. The number of carbonyl (C=O) groups is 1. The third-order valence-corrected chi connectivity index (χ3v) is 1.79. The molecule has 1 N–H and O–H groups in total. The number of esters is 1. The van der Waals surface area contributed by atoms with Crippen molar-refractivity contribution in [1.29, 1.82) is 0 Å². The average molecular weight is 207 g/mol. The third kappa shape index (κ3) is 4.49. The van der Waals surface area contributed by atoms with E-state index in [0.29, 0.717) is 6.42 Å². The van der Waals surface area contributed by atoms with Gasteiger partial charge in [-0.2, -0.15) is 0 Å². The van der Waals surface area contributed by atoms with E-state index in [-0.39, 0.29) is 17.8 Å². The van der Waals surface area contributed by atoms with Gasteiger partial charge < -0.3 is 9.84 Å². The molecule has 3 nitrogen and oxygen atoms in total. The Morgan fingerprint density at radius 2 is 2.00 bits per heavy atom. The van der Waals surface area contributed by atoms with E-state index in [4.69, 9.17) is 9.84 Å². The van der Waals surface area contributed by atoms with Gasteiger partial charge in [-0.25, -0.2) is 0 Å². The number of phenolic OH excluding ortho intramolecular Hbond substituents is 1. The summed E-state index contributed by atoms with van der Waals surface area (Å²) < 4.78 is 4.95. The van der Waals surface area contributed by atoms with Crippen LogP contribution in [0.25, 0.3) is 0 Å². The molecular formula is C12H15O3. The van der Waals surface area contributed by atoms with E-state index in [1.807, 2.05) is 13.8 Å². The highest BCUT2D eigenvalue weighted by molar-refractivity contribution is 5.79. The van der Waals surface area contributed by atoms with Gasteiger partial charge in [0.25, 0.3) is 0 Å². The van der Waals surface area contributed by atoms with Crippen LogP contribution >= 0.6 is 0 Å². The van der Waals surface area contributed by atoms with E-state index in [1.54, 1.807) is 24.3 Å². The van der Waals surface area contributed by atoms with E-state index in [1.165, 1.54) is 6.42 Å². The Kier molecular flexibility index (Phi) is 4.16. The Balaban J connectivity index is 2.37. The summed E-state index contributed by atoms with van der Waals surface area (Å²) in [5, 5.41) is 9.05. The monoisotopic (exact) mass is 207 g/mol. The van der Waals surface area contributed by atoms with E-state index < -0.39 is 0 Å². The molecule has 0 saturated carbocycles. The van der Waals surface area contributed by atoms with Gasteiger partial charge in [-0.3, -0.25) is 4.79 Å². The number of carbonyl (C=O) groups excluding carboxylic acids is 1. The lowest BCUT2D eigenvalue weighted by atomic mass is 10.1. The molecule has 1 rings (SSSR count). The minimum absolute atomic E-state index is 0.0893. The summed E-state index contributed by atoms with van der Waals surface area (Å²) in [6.07, 6.45) is 1.92. The van der Waals surface area contributed by atoms with Gasteiger partial charge in [0.2, 0.25) is 0 Å². The van der Waals surface area contributed by atoms with Crippen LogP contribution in [-0.2, 0) is 16.0 Å². The standard InChI is InChI=1S/C12H15O3/c1-9(2)15-12(14)8-5-10-3-6-11(13)7-4-10/h3-4,6-9,13H,5H2,1-2H3. The molecule has 0 fully saturated rings. The van der Waals surface area contributed by atoms with Crippen molar-refractivity contribution in [3.63, 3.8) is 0 Å². The van der Waals surface area contributed by atoms with Crippen LogP contribution < -0.4 is 0 Å². The number of rotatable bonds is 4. The fraction of sp³-hybridized carbons (Fsp3) is 0.333. The number of hydrogen-bond donors (Lipinski definition) is 1. The molecule has 1 aromatic carbocycles. The highest BCUT2D eigenvalue weighted by Crippen LogP contribution is 2.11. The van der Waals surface area contributed by atoms with Crippen LogP contribution in [0.5, 0.6) is 5.75 Å². The first-order chi connectivity index (χ1) is 7.08. The molecule has 0 unspecified atom stereocenters. The second-order valence-electron chi connectivity index (χ2n) is 3.56. The maximum atomic E-state index is 11.2. The van der Waals surface area contributed by atoms with Crippen molar-refractivity contribution < 1.29 is 14.6 Å². The molecule has 3 heteroatoms. The van der Waals surface area contributed by atoms with Crippen LogP contribution in [0, 0.1) is 6.42 Å². The first kappa shape index (κ1) is 11.6. The largest absolute Gasteiger partial charge is 0.508 e. The highest BCUT2D eigenvalue weighted by atomic mass is 16.5. The van der Waals surface area contributed by atoms with E-state index >= 15 is 0 Å². The number of phenols is 1. The van der Waals surface area contributed by atoms with Crippen LogP contribution in [0.1, 0.15) is 19.4 Å². The first-order valence-electron chi connectivity index (χ1n) is 4.89. The Labute approximate surface area is 89.7 Å². The number of benzene rings is 1. The zero-order valence-electron chi connectivity index (χ0n) is 8.93. The van der Waals surface area contributed by atoms with Crippen molar-refractivity contribution in [2.75, 3.05) is 0 Å². The van der Waals surface area contributed by atoms with Crippen LogP contribution in [-0.4, -0.2) is 17.2 Å². The molecule has 1 radical (unpaired) electrons. The zero-order valence-corrected chi connectivity index (χ0v) is 8.93. The molecule has 0 aliphatic heterocycles. The molecule has 0 bridgehead atoms. The SMILES string of the molecule is CC(C)OC(=O)[CH]Cc1ccc(O)cc1. The van der Waals surface area contributed by atoms with Gasteiger partial charge in [0.15, 0.2) is 0 Å². The summed E-state index contributed by atoms with van der Waals surface area (Å²) >= 11 is 0. The summed E-state index contributed by atoms with van der Waals surface area (Å²) in [6.45, 7) is 3.62. The molecule has 0 aliphatic carbocycles. The van der Waals surface area contributed by atoms with Gasteiger partial charge in [0, 0.05) is 0 Å². The van der Waals surface area contributed by atoms with Crippen LogP contribution in [0.3, 0.4) is 0 Å². The summed E-state index contributed by atoms with van der Waals surface area (Å²) in [6, 6.07) is 6.73.